The molecule has 1 aromatic carbocycles. The van der Waals surface area contributed by atoms with Crippen molar-refractivity contribution < 1.29 is 9.53 Å². The summed E-state index contributed by atoms with van der Waals surface area (Å²) in [4.78, 5) is 13.5. The molecule has 0 unspecified atom stereocenters. The Balaban J connectivity index is 1.85. The second kappa shape index (κ2) is 8.73. The number of ether oxygens (including phenoxy) is 1. The van der Waals surface area contributed by atoms with Crippen molar-refractivity contribution in [3.05, 3.63) is 45.6 Å². The molecule has 4 heteroatoms. The zero-order chi connectivity index (χ0) is 16.7. The van der Waals surface area contributed by atoms with Gasteiger partial charge in [-0.15, -0.1) is 11.3 Å². The number of aryl methyl sites for hydroxylation is 1. The van der Waals surface area contributed by atoms with Gasteiger partial charge in [-0.25, -0.2) is 0 Å². The first kappa shape index (κ1) is 17.5. The number of rotatable bonds is 8. The van der Waals surface area contributed by atoms with E-state index in [-0.39, 0.29) is 5.91 Å². The molecule has 0 atom stereocenters. The zero-order valence-corrected chi connectivity index (χ0v) is 15.0. The van der Waals surface area contributed by atoms with Gasteiger partial charge >= 0.3 is 0 Å². The molecule has 23 heavy (non-hydrogen) atoms. The monoisotopic (exact) mass is 331 g/mol. The number of nitrogens with one attached hydrogen (secondary N) is 1. The molecule has 1 amide bonds. The van der Waals surface area contributed by atoms with Crippen molar-refractivity contribution in [3.8, 4) is 5.75 Å². The molecule has 1 heterocycles. The zero-order valence-electron chi connectivity index (χ0n) is 14.1. The normalized spacial score (nSPS) is 10.6. The Morgan fingerprint density at radius 2 is 1.87 bits per heavy atom. The number of anilines is 1. The topological polar surface area (TPSA) is 38.3 Å². The van der Waals surface area contributed by atoms with E-state index in [9.17, 15) is 4.79 Å². The molecular formula is C19H25NO2S. The summed E-state index contributed by atoms with van der Waals surface area (Å²) in [6.07, 6.45) is 4.79. The lowest BCUT2D eigenvalue weighted by atomic mass is 10.1. The molecule has 0 aliphatic heterocycles. The van der Waals surface area contributed by atoms with E-state index in [1.54, 1.807) is 11.3 Å². The second-order valence-corrected chi connectivity index (χ2v) is 6.80. The van der Waals surface area contributed by atoms with E-state index in [4.69, 9.17) is 4.74 Å². The first-order chi connectivity index (χ1) is 11.1. The van der Waals surface area contributed by atoms with Crippen LogP contribution in [0.4, 0.5) is 5.69 Å². The summed E-state index contributed by atoms with van der Waals surface area (Å²) in [5.41, 5.74) is 2.60. The first-order valence-corrected chi connectivity index (χ1v) is 9.08. The third-order valence-corrected chi connectivity index (χ3v) is 4.92. The highest BCUT2D eigenvalue weighted by atomic mass is 32.1. The third kappa shape index (κ3) is 5.10. The molecule has 1 aromatic heterocycles. The minimum Gasteiger partial charge on any atom is -0.494 e. The van der Waals surface area contributed by atoms with Crippen molar-refractivity contribution in [3.63, 3.8) is 0 Å². The van der Waals surface area contributed by atoms with Crippen LogP contribution in [0.25, 0.3) is 0 Å². The predicted octanol–water partition coefficient (Wildman–Crippen LogP) is 5.58. The number of hydrogen-bond acceptors (Lipinski definition) is 3. The standard InChI is InChI=1S/C19H25NO2S/c1-4-5-6-7-12-22-17-10-8-16(9-11-17)20-19(21)18-13-23-15(3)14(18)2/h8-11,13H,4-7,12H2,1-3H3,(H,20,21). The van der Waals surface area contributed by atoms with Gasteiger partial charge in [0.15, 0.2) is 0 Å². The molecule has 0 bridgehead atoms. The molecule has 0 aliphatic rings. The fraction of sp³-hybridized carbons (Fsp3) is 0.421. The fourth-order valence-electron chi connectivity index (χ4n) is 2.29. The third-order valence-electron chi connectivity index (χ3n) is 3.91. The van der Waals surface area contributed by atoms with E-state index in [2.05, 4.69) is 12.2 Å². The van der Waals surface area contributed by atoms with Crippen LogP contribution in [0.2, 0.25) is 0 Å². The van der Waals surface area contributed by atoms with Gasteiger partial charge in [0.05, 0.1) is 12.2 Å². The molecule has 2 rings (SSSR count). The van der Waals surface area contributed by atoms with Crippen molar-refractivity contribution in [2.45, 2.75) is 46.5 Å². The molecule has 3 nitrogen and oxygen atoms in total. The van der Waals surface area contributed by atoms with E-state index in [1.807, 2.05) is 43.5 Å². The molecular weight excluding hydrogens is 306 g/mol. The summed E-state index contributed by atoms with van der Waals surface area (Å²) in [5.74, 6) is 0.794. The lowest BCUT2D eigenvalue weighted by Gasteiger charge is -2.08. The Kier molecular flexibility index (Phi) is 6.66. The average Bonchev–Trinajstić information content (AvgIpc) is 2.88. The Morgan fingerprint density at radius 1 is 1.13 bits per heavy atom. The highest BCUT2D eigenvalue weighted by Crippen LogP contribution is 2.22. The highest BCUT2D eigenvalue weighted by molar-refractivity contribution is 7.10. The number of unbranched alkanes of at least 4 members (excludes halogenated alkanes) is 3. The Bertz CT molecular complexity index is 631. The fourth-order valence-corrected chi connectivity index (χ4v) is 3.15. The summed E-state index contributed by atoms with van der Waals surface area (Å²) >= 11 is 1.61. The van der Waals surface area contributed by atoms with E-state index in [0.29, 0.717) is 0 Å². The number of thiophene rings is 1. The molecule has 0 saturated carbocycles. The highest BCUT2D eigenvalue weighted by Gasteiger charge is 2.12. The molecule has 0 saturated heterocycles. The Labute approximate surface area is 142 Å². The smallest absolute Gasteiger partial charge is 0.256 e. The van der Waals surface area contributed by atoms with E-state index in [0.717, 1.165) is 35.6 Å². The second-order valence-electron chi connectivity index (χ2n) is 5.72. The maximum absolute atomic E-state index is 12.3. The summed E-state index contributed by atoms with van der Waals surface area (Å²) in [6, 6.07) is 7.57. The lowest BCUT2D eigenvalue weighted by Crippen LogP contribution is -2.12. The average molecular weight is 331 g/mol. The molecule has 0 aliphatic carbocycles. The summed E-state index contributed by atoms with van der Waals surface area (Å²) in [6.45, 7) is 6.96. The lowest BCUT2D eigenvalue weighted by molar-refractivity contribution is 0.102. The molecule has 0 radical (unpaired) electrons. The molecule has 0 spiro atoms. The Hall–Kier alpha value is -1.81. The van der Waals surface area contributed by atoms with Gasteiger partial charge in [-0.05, 0) is 50.1 Å². The van der Waals surface area contributed by atoms with E-state index < -0.39 is 0 Å². The van der Waals surface area contributed by atoms with E-state index in [1.165, 1.54) is 24.1 Å². The van der Waals surface area contributed by atoms with Crippen LogP contribution in [0.3, 0.4) is 0 Å². The van der Waals surface area contributed by atoms with Crippen LogP contribution in [0, 0.1) is 13.8 Å². The van der Waals surface area contributed by atoms with Gasteiger partial charge in [-0.3, -0.25) is 4.79 Å². The van der Waals surface area contributed by atoms with Crippen molar-refractivity contribution in [1.82, 2.24) is 0 Å². The minimum absolute atomic E-state index is 0.0555. The van der Waals surface area contributed by atoms with Gasteiger partial charge in [0.1, 0.15) is 5.75 Å². The SMILES string of the molecule is CCCCCCOc1ccc(NC(=O)c2csc(C)c2C)cc1. The van der Waals surface area contributed by atoms with Crippen LogP contribution in [-0.4, -0.2) is 12.5 Å². The van der Waals surface area contributed by atoms with Crippen molar-refractivity contribution >= 4 is 22.9 Å². The number of amides is 1. The van der Waals surface area contributed by atoms with Crippen LogP contribution < -0.4 is 10.1 Å². The summed E-state index contributed by atoms with van der Waals surface area (Å²) < 4.78 is 5.71. The van der Waals surface area contributed by atoms with Crippen molar-refractivity contribution in [2.24, 2.45) is 0 Å². The maximum Gasteiger partial charge on any atom is 0.256 e. The number of hydrogen-bond donors (Lipinski definition) is 1. The van der Waals surface area contributed by atoms with Crippen LogP contribution >= 0.6 is 11.3 Å². The van der Waals surface area contributed by atoms with Crippen LogP contribution in [0.5, 0.6) is 5.75 Å². The first-order valence-electron chi connectivity index (χ1n) is 8.20. The summed E-state index contributed by atoms with van der Waals surface area (Å²) in [7, 11) is 0. The van der Waals surface area contributed by atoms with Gasteiger partial charge in [0, 0.05) is 15.9 Å². The Morgan fingerprint density at radius 3 is 2.48 bits per heavy atom. The molecule has 1 N–H and O–H groups in total. The van der Waals surface area contributed by atoms with Crippen LogP contribution in [-0.2, 0) is 0 Å². The predicted molar refractivity (Wildman–Crippen MR) is 97.8 cm³/mol. The minimum atomic E-state index is -0.0555. The number of carbonyl (C=O) groups excluding carboxylic acids is 1. The largest absolute Gasteiger partial charge is 0.494 e. The summed E-state index contributed by atoms with van der Waals surface area (Å²) in [5, 5.41) is 4.85. The van der Waals surface area contributed by atoms with Gasteiger partial charge in [0.2, 0.25) is 0 Å². The van der Waals surface area contributed by atoms with E-state index >= 15 is 0 Å². The van der Waals surface area contributed by atoms with Gasteiger partial charge in [-0.1, -0.05) is 26.2 Å². The van der Waals surface area contributed by atoms with Crippen LogP contribution in [0.1, 0.15) is 53.4 Å². The quantitative estimate of drug-likeness (QED) is 0.642. The van der Waals surface area contributed by atoms with Crippen molar-refractivity contribution in [1.29, 1.82) is 0 Å². The maximum atomic E-state index is 12.3. The number of carbonyl (C=O) groups is 1. The molecule has 2 aromatic rings. The van der Waals surface area contributed by atoms with Crippen LogP contribution in [0.15, 0.2) is 29.6 Å². The number of benzene rings is 1. The van der Waals surface area contributed by atoms with Gasteiger partial charge in [0.25, 0.3) is 5.91 Å². The van der Waals surface area contributed by atoms with Gasteiger partial charge in [-0.2, -0.15) is 0 Å². The molecule has 0 fully saturated rings. The molecule has 124 valence electrons. The van der Waals surface area contributed by atoms with Gasteiger partial charge < -0.3 is 10.1 Å². The van der Waals surface area contributed by atoms with Crippen molar-refractivity contribution in [2.75, 3.05) is 11.9 Å².